The second-order valence-corrected chi connectivity index (χ2v) is 9.51. The summed E-state index contributed by atoms with van der Waals surface area (Å²) in [4.78, 5) is 47.2. The van der Waals surface area contributed by atoms with E-state index in [1.165, 1.54) is 17.7 Å². The minimum Gasteiger partial charge on any atom is -0.374 e. The number of fused-ring (bicyclic) bond motifs is 1. The summed E-state index contributed by atoms with van der Waals surface area (Å²) in [5.74, 6) is -0.926. The summed E-state index contributed by atoms with van der Waals surface area (Å²) in [6, 6.07) is 6.50. The van der Waals surface area contributed by atoms with Crippen LogP contribution in [-0.2, 0) is 25.7 Å². The zero-order chi connectivity index (χ0) is 22.9. The van der Waals surface area contributed by atoms with Crippen molar-refractivity contribution in [1.29, 1.82) is 0 Å². The van der Waals surface area contributed by atoms with Gasteiger partial charge in [-0.3, -0.25) is 14.5 Å². The van der Waals surface area contributed by atoms with E-state index in [1.807, 2.05) is 6.07 Å². The molecule has 0 radical (unpaired) electrons. The zero-order valence-corrected chi connectivity index (χ0v) is 19.3. The monoisotopic (exact) mass is 476 g/mol. The third kappa shape index (κ3) is 4.67. The Morgan fingerprint density at radius 3 is 2.58 bits per heavy atom. The van der Waals surface area contributed by atoms with Crippen LogP contribution in [0.4, 0.5) is 10.5 Å². The first-order valence-corrected chi connectivity index (χ1v) is 12.1. The molecule has 1 aliphatic carbocycles. The molecule has 1 saturated carbocycles. The second kappa shape index (κ2) is 9.48. The molecule has 3 heterocycles. The Morgan fingerprint density at radius 2 is 1.82 bits per heavy atom. The van der Waals surface area contributed by atoms with Crippen molar-refractivity contribution in [1.82, 2.24) is 14.9 Å². The van der Waals surface area contributed by atoms with Crippen LogP contribution < -0.4 is 4.90 Å². The number of imide groups is 1. The van der Waals surface area contributed by atoms with Gasteiger partial charge >= 0.3 is 6.09 Å². The predicted octanol–water partition coefficient (Wildman–Crippen LogP) is 2.42. The first-order chi connectivity index (χ1) is 16.0. The number of rotatable bonds is 4. The Hall–Kier alpha value is -2.36. The Labute approximate surface area is 198 Å². The lowest BCUT2D eigenvalue weighted by Crippen LogP contribution is -2.51. The Balaban J connectivity index is 1.21. The normalized spacial score (nSPS) is 26.2. The first kappa shape index (κ1) is 22.4. The lowest BCUT2D eigenvalue weighted by Gasteiger charge is -2.41. The van der Waals surface area contributed by atoms with Crippen molar-refractivity contribution < 1.29 is 24.0 Å². The number of benzene rings is 1. The Morgan fingerprint density at radius 1 is 1.06 bits per heavy atom. The molecule has 1 aromatic carbocycles. The summed E-state index contributed by atoms with van der Waals surface area (Å²) in [6.45, 7) is 4.65. The number of morpholine rings is 1. The summed E-state index contributed by atoms with van der Waals surface area (Å²) in [6.07, 6.45) is 3.28. The largest absolute Gasteiger partial charge is 0.434 e. The van der Waals surface area contributed by atoms with Gasteiger partial charge in [0.05, 0.1) is 18.8 Å². The minimum absolute atomic E-state index is 0.0913. The van der Waals surface area contributed by atoms with Crippen molar-refractivity contribution in [2.75, 3.05) is 44.2 Å². The quantitative estimate of drug-likeness (QED) is 0.617. The van der Waals surface area contributed by atoms with Gasteiger partial charge in [0.25, 0.3) is 11.8 Å². The molecule has 33 heavy (non-hydrogen) atoms. The van der Waals surface area contributed by atoms with Gasteiger partial charge in [-0.25, -0.2) is 4.79 Å². The Bertz CT molecular complexity index is 919. The van der Waals surface area contributed by atoms with Gasteiger partial charge in [-0.1, -0.05) is 17.7 Å². The SMILES string of the molecule is O=C(ON1C(=O)CCC1=O)N1CCN(Cc2ccc(Cl)cc2N2CCOC3CCCC32)CC1. The van der Waals surface area contributed by atoms with Gasteiger partial charge in [0, 0.05) is 62.8 Å². The number of amides is 3. The third-order valence-electron chi connectivity index (χ3n) is 7.04. The van der Waals surface area contributed by atoms with E-state index in [0.29, 0.717) is 43.4 Å². The lowest BCUT2D eigenvalue weighted by atomic mass is 10.1. The summed E-state index contributed by atoms with van der Waals surface area (Å²) in [5.41, 5.74) is 2.40. The number of piperazine rings is 1. The number of carbonyl (C=O) groups is 3. The van der Waals surface area contributed by atoms with Crippen LogP contribution in [0.5, 0.6) is 0 Å². The highest BCUT2D eigenvalue weighted by molar-refractivity contribution is 6.30. The van der Waals surface area contributed by atoms with Crippen LogP contribution in [0, 0.1) is 0 Å². The highest BCUT2D eigenvalue weighted by atomic mass is 35.5. The van der Waals surface area contributed by atoms with Crippen molar-refractivity contribution >= 4 is 35.2 Å². The number of hydrogen-bond acceptors (Lipinski definition) is 7. The average Bonchev–Trinajstić information content (AvgIpc) is 3.42. The number of nitrogens with zero attached hydrogens (tertiary/aromatic N) is 4. The minimum atomic E-state index is -0.647. The Kier molecular flexibility index (Phi) is 6.44. The van der Waals surface area contributed by atoms with Gasteiger partial charge in [0.1, 0.15) is 0 Å². The van der Waals surface area contributed by atoms with E-state index in [9.17, 15) is 14.4 Å². The molecule has 0 bridgehead atoms. The van der Waals surface area contributed by atoms with E-state index in [1.54, 1.807) is 4.90 Å². The summed E-state index contributed by atoms with van der Waals surface area (Å²) in [5, 5.41) is 1.33. The standard InChI is InChI=1S/C23H29ClN4O5/c24-17-5-4-16(19(14-17)27-12-13-32-20-3-1-2-18(20)27)15-25-8-10-26(11-9-25)23(31)33-28-21(29)6-7-22(28)30/h4-5,14,18,20H,1-3,6-13,15H2. The second-order valence-electron chi connectivity index (χ2n) is 9.08. The number of hydroxylamine groups is 2. The molecule has 0 N–H and O–H groups in total. The molecular formula is C23H29ClN4O5. The van der Waals surface area contributed by atoms with Gasteiger partial charge in [-0.15, -0.1) is 5.06 Å². The fraction of sp³-hybridized carbons (Fsp3) is 0.609. The lowest BCUT2D eigenvalue weighted by molar-refractivity contribution is -0.174. The number of ether oxygens (including phenoxy) is 1. The number of hydrogen-bond donors (Lipinski definition) is 0. The van der Waals surface area contributed by atoms with Crippen LogP contribution in [0.3, 0.4) is 0 Å². The van der Waals surface area contributed by atoms with Gasteiger partial charge < -0.3 is 19.4 Å². The average molecular weight is 477 g/mol. The van der Waals surface area contributed by atoms with E-state index < -0.39 is 17.9 Å². The van der Waals surface area contributed by atoms with E-state index >= 15 is 0 Å². The smallest absolute Gasteiger partial charge is 0.374 e. The van der Waals surface area contributed by atoms with Crippen molar-refractivity contribution in [2.45, 2.75) is 50.8 Å². The highest BCUT2D eigenvalue weighted by Gasteiger charge is 2.37. The molecule has 1 aromatic rings. The molecule has 4 aliphatic rings. The maximum atomic E-state index is 12.4. The van der Waals surface area contributed by atoms with Crippen molar-refractivity contribution in [3.8, 4) is 0 Å². The number of halogens is 1. The van der Waals surface area contributed by atoms with Crippen LogP contribution in [0.1, 0.15) is 37.7 Å². The van der Waals surface area contributed by atoms with Crippen molar-refractivity contribution in [3.63, 3.8) is 0 Å². The molecule has 3 saturated heterocycles. The highest BCUT2D eigenvalue weighted by Crippen LogP contribution is 2.36. The summed E-state index contributed by atoms with van der Waals surface area (Å²) in [7, 11) is 0. The van der Waals surface area contributed by atoms with Gasteiger partial charge in [-0.2, -0.15) is 0 Å². The molecule has 3 aliphatic heterocycles. The molecule has 5 rings (SSSR count). The van der Waals surface area contributed by atoms with E-state index in [4.69, 9.17) is 21.2 Å². The van der Waals surface area contributed by atoms with Crippen LogP contribution in [-0.4, -0.2) is 84.2 Å². The third-order valence-corrected chi connectivity index (χ3v) is 7.27. The fourth-order valence-electron chi connectivity index (χ4n) is 5.29. The van der Waals surface area contributed by atoms with Crippen LogP contribution in [0.15, 0.2) is 18.2 Å². The fourth-order valence-corrected chi connectivity index (χ4v) is 5.45. The molecule has 0 aromatic heterocycles. The summed E-state index contributed by atoms with van der Waals surface area (Å²) >= 11 is 6.38. The molecule has 9 nitrogen and oxygen atoms in total. The molecular weight excluding hydrogens is 448 g/mol. The van der Waals surface area contributed by atoms with Crippen LogP contribution in [0.2, 0.25) is 5.02 Å². The molecule has 10 heteroatoms. The van der Waals surface area contributed by atoms with E-state index in [-0.39, 0.29) is 12.8 Å². The molecule has 4 fully saturated rings. The maximum absolute atomic E-state index is 12.4. The van der Waals surface area contributed by atoms with Gasteiger partial charge in [0.15, 0.2) is 0 Å². The van der Waals surface area contributed by atoms with Gasteiger partial charge in [-0.05, 0) is 37.0 Å². The maximum Gasteiger partial charge on any atom is 0.434 e. The van der Waals surface area contributed by atoms with Crippen molar-refractivity contribution in [3.05, 3.63) is 28.8 Å². The molecule has 178 valence electrons. The van der Waals surface area contributed by atoms with Crippen molar-refractivity contribution in [2.24, 2.45) is 0 Å². The van der Waals surface area contributed by atoms with Crippen LogP contribution >= 0.6 is 11.6 Å². The zero-order valence-electron chi connectivity index (χ0n) is 18.6. The van der Waals surface area contributed by atoms with Crippen LogP contribution in [0.25, 0.3) is 0 Å². The van der Waals surface area contributed by atoms with E-state index in [0.717, 1.165) is 37.6 Å². The van der Waals surface area contributed by atoms with Gasteiger partial charge in [0.2, 0.25) is 0 Å². The number of carbonyl (C=O) groups excluding carboxylic acids is 3. The molecule has 3 amide bonds. The topological polar surface area (TPSA) is 82.6 Å². The molecule has 0 spiro atoms. The summed E-state index contributed by atoms with van der Waals surface area (Å²) < 4.78 is 5.99. The molecule has 2 atom stereocenters. The molecule has 2 unspecified atom stereocenters. The van der Waals surface area contributed by atoms with E-state index in [2.05, 4.69) is 21.9 Å². The number of anilines is 1. The predicted molar refractivity (Wildman–Crippen MR) is 121 cm³/mol. The first-order valence-electron chi connectivity index (χ1n) is 11.7.